The predicted molar refractivity (Wildman–Crippen MR) is 121 cm³/mol. The number of hydrogen-bond acceptors (Lipinski definition) is 5. The highest BCUT2D eigenvalue weighted by molar-refractivity contribution is 5.99. The van der Waals surface area contributed by atoms with Gasteiger partial charge in [0.05, 0.1) is 30.1 Å². The van der Waals surface area contributed by atoms with E-state index in [1.807, 2.05) is 20.8 Å². The number of carbonyl (C=O) groups is 3. The maximum absolute atomic E-state index is 13.9. The molecule has 0 aromatic heterocycles. The molecule has 0 saturated carbocycles. The lowest BCUT2D eigenvalue weighted by atomic mass is 9.65. The fourth-order valence-electron chi connectivity index (χ4n) is 6.41. The lowest BCUT2D eigenvalue weighted by molar-refractivity contribution is -0.151. The number of unbranched alkanes of at least 4 members (excludes halogenated alkanes) is 2. The van der Waals surface area contributed by atoms with Crippen molar-refractivity contribution in [1.82, 2.24) is 15.5 Å². The summed E-state index contributed by atoms with van der Waals surface area (Å²) in [6, 6.07) is -1.32. The van der Waals surface area contributed by atoms with Gasteiger partial charge in [-0.2, -0.15) is 0 Å². The predicted octanol–water partition coefficient (Wildman–Crippen LogP) is 1.60. The number of nitrogens with zero attached hydrogens (tertiary/aromatic N) is 1. The number of nitrogens with one attached hydrogen (secondary N) is 2. The highest BCUT2D eigenvalue weighted by Gasteiger charge is 2.79. The van der Waals surface area contributed by atoms with E-state index in [4.69, 9.17) is 4.74 Å². The maximum atomic E-state index is 13.9. The van der Waals surface area contributed by atoms with Gasteiger partial charge in [-0.05, 0) is 38.0 Å². The van der Waals surface area contributed by atoms with Gasteiger partial charge in [0.1, 0.15) is 11.6 Å². The van der Waals surface area contributed by atoms with E-state index in [0.717, 1.165) is 19.3 Å². The molecular weight excluding hydrogens is 410 g/mol. The summed E-state index contributed by atoms with van der Waals surface area (Å²) in [6.45, 7) is 8.46. The largest absolute Gasteiger partial charge is 0.394 e. The van der Waals surface area contributed by atoms with Crippen molar-refractivity contribution in [2.45, 2.75) is 95.9 Å². The summed E-state index contributed by atoms with van der Waals surface area (Å²) in [5.41, 5.74) is -1.75. The molecular formula is C24H41N3O5. The molecule has 3 aliphatic heterocycles. The third-order valence-electron chi connectivity index (χ3n) is 7.82. The molecule has 6 atom stereocenters. The van der Waals surface area contributed by atoms with Crippen molar-refractivity contribution in [3.05, 3.63) is 0 Å². The average molecular weight is 452 g/mol. The molecule has 1 spiro atoms. The van der Waals surface area contributed by atoms with Gasteiger partial charge in [0, 0.05) is 13.6 Å². The summed E-state index contributed by atoms with van der Waals surface area (Å²) in [7, 11) is 1.58. The second-order valence-corrected chi connectivity index (χ2v) is 10.2. The van der Waals surface area contributed by atoms with Crippen molar-refractivity contribution in [1.29, 1.82) is 0 Å². The number of aliphatic hydroxyl groups excluding tert-OH is 1. The van der Waals surface area contributed by atoms with E-state index >= 15 is 0 Å². The summed E-state index contributed by atoms with van der Waals surface area (Å²) < 4.78 is 6.65. The van der Waals surface area contributed by atoms with Gasteiger partial charge < -0.3 is 25.4 Å². The van der Waals surface area contributed by atoms with E-state index < -0.39 is 35.1 Å². The zero-order chi connectivity index (χ0) is 23.7. The monoisotopic (exact) mass is 451 g/mol. The third kappa shape index (κ3) is 3.83. The summed E-state index contributed by atoms with van der Waals surface area (Å²) in [6.07, 6.45) is 5.33. The van der Waals surface area contributed by atoms with Crippen LogP contribution in [0, 0.1) is 17.8 Å². The molecule has 3 heterocycles. The zero-order valence-electron chi connectivity index (χ0n) is 20.3. The lowest BCUT2D eigenvalue weighted by Gasteiger charge is -2.37. The summed E-state index contributed by atoms with van der Waals surface area (Å²) in [5.74, 6) is -1.77. The molecule has 3 rings (SSSR count). The van der Waals surface area contributed by atoms with Gasteiger partial charge in [0.15, 0.2) is 0 Å². The lowest BCUT2D eigenvalue weighted by Crippen LogP contribution is -2.58. The smallest absolute Gasteiger partial charge is 0.245 e. The minimum Gasteiger partial charge on any atom is -0.394 e. The molecule has 3 fully saturated rings. The molecule has 8 nitrogen and oxygen atoms in total. The quantitative estimate of drug-likeness (QED) is 0.414. The molecule has 3 saturated heterocycles. The number of hydrogen-bond donors (Lipinski definition) is 3. The normalized spacial score (nSPS) is 34.2. The minimum atomic E-state index is -1.02. The van der Waals surface area contributed by atoms with Gasteiger partial charge in [-0.25, -0.2) is 0 Å². The van der Waals surface area contributed by atoms with Crippen LogP contribution in [0.25, 0.3) is 0 Å². The zero-order valence-corrected chi connectivity index (χ0v) is 20.3. The maximum Gasteiger partial charge on any atom is 0.245 e. The summed E-state index contributed by atoms with van der Waals surface area (Å²) >= 11 is 0. The van der Waals surface area contributed by atoms with E-state index in [1.54, 1.807) is 11.9 Å². The Bertz CT molecular complexity index is 728. The van der Waals surface area contributed by atoms with Crippen molar-refractivity contribution in [3.63, 3.8) is 0 Å². The minimum absolute atomic E-state index is 0.208. The van der Waals surface area contributed by atoms with Crippen molar-refractivity contribution in [2.75, 3.05) is 20.2 Å². The Labute approximate surface area is 191 Å². The van der Waals surface area contributed by atoms with Crippen molar-refractivity contribution in [2.24, 2.45) is 17.8 Å². The first-order valence-electron chi connectivity index (χ1n) is 12.4. The van der Waals surface area contributed by atoms with Crippen molar-refractivity contribution >= 4 is 17.7 Å². The SMILES string of the molecule is CCCCCNC(=O)C1N([C@@H](CO)CC(C)C)C(=O)[C@@H]2[C@@H](C(=O)NC)[C@@]3(CC)CCC12O3. The number of likely N-dealkylation sites (tertiary alicyclic amines) is 1. The molecule has 0 radical (unpaired) electrons. The van der Waals surface area contributed by atoms with E-state index in [-0.39, 0.29) is 30.2 Å². The average Bonchev–Trinajstić information content (AvgIpc) is 3.38. The molecule has 3 amide bonds. The van der Waals surface area contributed by atoms with Gasteiger partial charge in [-0.15, -0.1) is 0 Å². The van der Waals surface area contributed by atoms with E-state index in [0.29, 0.717) is 32.2 Å². The van der Waals surface area contributed by atoms with Crippen LogP contribution < -0.4 is 10.6 Å². The van der Waals surface area contributed by atoms with Crippen molar-refractivity contribution in [3.8, 4) is 0 Å². The van der Waals surface area contributed by atoms with Gasteiger partial charge in [0.2, 0.25) is 17.7 Å². The number of ether oxygens (including phenoxy) is 1. The first-order valence-corrected chi connectivity index (χ1v) is 12.4. The number of aliphatic hydroxyl groups is 1. The Kier molecular flexibility index (Phi) is 7.55. The number of fused-ring (bicyclic) bond motifs is 1. The highest BCUT2D eigenvalue weighted by atomic mass is 16.5. The molecule has 0 aromatic carbocycles. The van der Waals surface area contributed by atoms with Crippen LogP contribution in [0.3, 0.4) is 0 Å². The Balaban J connectivity index is 2.03. The van der Waals surface area contributed by atoms with Gasteiger partial charge >= 0.3 is 0 Å². The second kappa shape index (κ2) is 9.67. The van der Waals surface area contributed by atoms with Gasteiger partial charge in [-0.1, -0.05) is 40.5 Å². The van der Waals surface area contributed by atoms with Crippen LogP contribution in [0.4, 0.5) is 0 Å². The highest BCUT2D eigenvalue weighted by Crippen LogP contribution is 2.64. The topological polar surface area (TPSA) is 108 Å². The molecule has 2 unspecified atom stereocenters. The first kappa shape index (κ1) is 25.0. The molecule has 0 aliphatic carbocycles. The van der Waals surface area contributed by atoms with Gasteiger partial charge in [0.25, 0.3) is 0 Å². The molecule has 3 aliphatic rings. The Morgan fingerprint density at radius 3 is 2.50 bits per heavy atom. The van der Waals surface area contributed by atoms with E-state index in [1.165, 1.54) is 0 Å². The molecule has 0 aromatic rings. The van der Waals surface area contributed by atoms with Crippen molar-refractivity contribution < 1.29 is 24.2 Å². The molecule has 8 heteroatoms. The number of amides is 3. The van der Waals surface area contributed by atoms with Crippen LogP contribution >= 0.6 is 0 Å². The Morgan fingerprint density at radius 1 is 1.22 bits per heavy atom. The van der Waals surface area contributed by atoms with Crippen LogP contribution in [0.1, 0.15) is 72.6 Å². The van der Waals surface area contributed by atoms with Crippen LogP contribution in [-0.4, -0.2) is 71.2 Å². The van der Waals surface area contributed by atoms with Crippen LogP contribution in [-0.2, 0) is 19.1 Å². The number of carbonyl (C=O) groups excluding carboxylic acids is 3. The Morgan fingerprint density at radius 2 is 1.94 bits per heavy atom. The van der Waals surface area contributed by atoms with Gasteiger partial charge in [-0.3, -0.25) is 14.4 Å². The fourth-order valence-corrected chi connectivity index (χ4v) is 6.41. The Hall–Kier alpha value is -1.67. The van der Waals surface area contributed by atoms with E-state index in [9.17, 15) is 19.5 Å². The molecule has 3 N–H and O–H groups in total. The van der Waals surface area contributed by atoms with Crippen LogP contribution in [0.2, 0.25) is 0 Å². The first-order chi connectivity index (χ1) is 15.2. The third-order valence-corrected chi connectivity index (χ3v) is 7.82. The van der Waals surface area contributed by atoms with Crippen LogP contribution in [0.5, 0.6) is 0 Å². The van der Waals surface area contributed by atoms with Crippen LogP contribution in [0.15, 0.2) is 0 Å². The van der Waals surface area contributed by atoms with E-state index in [2.05, 4.69) is 17.6 Å². The molecule has 182 valence electrons. The second-order valence-electron chi connectivity index (χ2n) is 10.2. The molecule has 32 heavy (non-hydrogen) atoms. The molecule has 2 bridgehead atoms. The summed E-state index contributed by atoms with van der Waals surface area (Å²) in [4.78, 5) is 42.0. The number of rotatable bonds is 11. The fraction of sp³-hybridized carbons (Fsp3) is 0.875. The summed E-state index contributed by atoms with van der Waals surface area (Å²) in [5, 5.41) is 16.0. The standard InChI is InChI=1S/C24H41N3O5/c1-6-8-9-12-26-21(30)19-24-11-10-23(7-2,32-24)17(20(29)25-5)18(24)22(31)27(19)16(14-28)13-15(3)4/h15-19,28H,6-14H2,1-5H3,(H,25,29)(H,26,30)/t16-,17+,18+,19?,23-,24?/m1/s1.